The third-order valence-corrected chi connectivity index (χ3v) is 5.07. The summed E-state index contributed by atoms with van der Waals surface area (Å²) in [5, 5.41) is 7.67. The Bertz CT molecular complexity index is 735. The molecule has 154 valence electrons. The second-order valence-electron chi connectivity index (χ2n) is 7.28. The maximum atomic E-state index is 12.6. The van der Waals surface area contributed by atoms with Crippen molar-refractivity contribution in [1.29, 1.82) is 0 Å². The first kappa shape index (κ1) is 22.0. The van der Waals surface area contributed by atoms with Crippen LogP contribution in [0.1, 0.15) is 74.1 Å². The van der Waals surface area contributed by atoms with E-state index in [4.69, 9.17) is 4.74 Å². The van der Waals surface area contributed by atoms with Gasteiger partial charge < -0.3 is 10.1 Å². The molecule has 2 rings (SSSR count). The predicted octanol–water partition coefficient (Wildman–Crippen LogP) is 5.55. The van der Waals surface area contributed by atoms with Gasteiger partial charge in [-0.1, -0.05) is 39.0 Å². The Morgan fingerprint density at radius 2 is 1.71 bits per heavy atom. The number of ether oxygens (including phenoxy) is 1. The lowest BCUT2D eigenvalue weighted by atomic mass is 10.0. The third-order valence-electron chi connectivity index (χ3n) is 5.07. The Balaban J connectivity index is 1.87. The highest BCUT2D eigenvalue weighted by atomic mass is 16.5. The summed E-state index contributed by atoms with van der Waals surface area (Å²) in [6, 6.07) is 7.64. The Hall–Kier alpha value is -2.30. The van der Waals surface area contributed by atoms with Crippen LogP contribution in [0.15, 0.2) is 24.3 Å². The van der Waals surface area contributed by atoms with Gasteiger partial charge in [-0.05, 0) is 63.4 Å². The zero-order valence-corrected chi connectivity index (χ0v) is 17.9. The first-order valence-electron chi connectivity index (χ1n) is 10.6. The smallest absolute Gasteiger partial charge is 0.266 e. The molecule has 0 aliphatic carbocycles. The average molecular weight is 386 g/mol. The fraction of sp³-hybridized carbons (Fsp3) is 0.565. The van der Waals surface area contributed by atoms with Crippen LogP contribution in [0.5, 0.6) is 5.75 Å². The summed E-state index contributed by atoms with van der Waals surface area (Å²) in [7, 11) is 0. The number of anilines is 1. The van der Waals surface area contributed by atoms with Crippen molar-refractivity contribution in [2.24, 2.45) is 0 Å². The van der Waals surface area contributed by atoms with Crippen LogP contribution >= 0.6 is 0 Å². The number of rotatable bonds is 12. The lowest BCUT2D eigenvalue weighted by Gasteiger charge is -2.09. The van der Waals surface area contributed by atoms with Crippen LogP contribution in [-0.4, -0.2) is 28.8 Å². The van der Waals surface area contributed by atoms with Gasteiger partial charge in [0.05, 0.1) is 18.8 Å². The Morgan fingerprint density at radius 3 is 2.39 bits per heavy atom. The highest BCUT2D eigenvalue weighted by Gasteiger charge is 2.16. The van der Waals surface area contributed by atoms with E-state index in [-0.39, 0.29) is 12.5 Å². The van der Waals surface area contributed by atoms with Crippen molar-refractivity contribution in [3.05, 3.63) is 41.2 Å². The van der Waals surface area contributed by atoms with E-state index in [1.807, 2.05) is 45.0 Å². The van der Waals surface area contributed by atoms with E-state index >= 15 is 0 Å². The molecule has 0 aliphatic heterocycles. The number of benzene rings is 1. The Labute approximate surface area is 169 Å². The van der Waals surface area contributed by atoms with E-state index < -0.39 is 0 Å². The number of nitrogens with one attached hydrogen (secondary N) is 1. The highest BCUT2D eigenvalue weighted by Crippen LogP contribution is 2.18. The maximum absolute atomic E-state index is 12.6. The molecular weight excluding hydrogens is 350 g/mol. The highest BCUT2D eigenvalue weighted by molar-refractivity contribution is 5.83. The summed E-state index contributed by atoms with van der Waals surface area (Å²) >= 11 is 0. The molecule has 0 bridgehead atoms. The monoisotopic (exact) mass is 385 g/mol. The number of aryl methyl sites for hydroxylation is 1. The standard InChI is InChI=1S/C23H35N3O2/c1-5-7-8-9-10-11-12-22-18(3)25-26(19(22)4)23(27)17-24-20-13-15-21(16-14-20)28-6-2/h13-16,24H,5-12,17H2,1-4H3. The fourth-order valence-electron chi connectivity index (χ4n) is 3.45. The van der Waals surface area contributed by atoms with Gasteiger partial charge in [0.25, 0.3) is 5.91 Å². The largest absolute Gasteiger partial charge is 0.494 e. The van der Waals surface area contributed by atoms with Crippen molar-refractivity contribution in [2.75, 3.05) is 18.5 Å². The quantitative estimate of drug-likeness (QED) is 0.486. The molecule has 0 spiro atoms. The first-order chi connectivity index (χ1) is 13.6. The van der Waals surface area contributed by atoms with Gasteiger partial charge in [0, 0.05) is 11.4 Å². The first-order valence-corrected chi connectivity index (χ1v) is 10.6. The average Bonchev–Trinajstić information content (AvgIpc) is 2.98. The van der Waals surface area contributed by atoms with E-state index in [0.717, 1.165) is 35.7 Å². The predicted molar refractivity (Wildman–Crippen MR) is 116 cm³/mol. The number of hydrogen-bond donors (Lipinski definition) is 1. The van der Waals surface area contributed by atoms with E-state index in [0.29, 0.717) is 6.61 Å². The van der Waals surface area contributed by atoms with Crippen LogP contribution in [0.25, 0.3) is 0 Å². The summed E-state index contributed by atoms with van der Waals surface area (Å²) in [5.41, 5.74) is 4.07. The summed E-state index contributed by atoms with van der Waals surface area (Å²) in [6.07, 6.45) is 8.63. The normalized spacial score (nSPS) is 10.9. The van der Waals surface area contributed by atoms with Crippen molar-refractivity contribution in [2.45, 2.75) is 72.6 Å². The molecule has 0 amide bonds. The van der Waals surface area contributed by atoms with Crippen molar-refractivity contribution in [3.8, 4) is 5.75 Å². The topological polar surface area (TPSA) is 56.2 Å². The SMILES string of the molecule is CCCCCCCCc1c(C)nn(C(=O)CNc2ccc(OCC)cc2)c1C. The van der Waals surface area contributed by atoms with Gasteiger partial charge in [-0.15, -0.1) is 0 Å². The van der Waals surface area contributed by atoms with E-state index in [2.05, 4.69) is 17.3 Å². The maximum Gasteiger partial charge on any atom is 0.266 e. The molecule has 0 saturated heterocycles. The zero-order valence-electron chi connectivity index (χ0n) is 17.9. The summed E-state index contributed by atoms with van der Waals surface area (Å²) in [6.45, 7) is 9.06. The molecule has 1 heterocycles. The molecule has 0 unspecified atom stereocenters. The molecule has 1 aromatic heterocycles. The molecule has 28 heavy (non-hydrogen) atoms. The molecule has 0 radical (unpaired) electrons. The Morgan fingerprint density at radius 1 is 1.04 bits per heavy atom. The van der Waals surface area contributed by atoms with Crippen LogP contribution in [0.2, 0.25) is 0 Å². The third kappa shape index (κ3) is 6.39. The lowest BCUT2D eigenvalue weighted by Crippen LogP contribution is -2.23. The van der Waals surface area contributed by atoms with Gasteiger partial charge in [-0.3, -0.25) is 4.79 Å². The van der Waals surface area contributed by atoms with Crippen LogP contribution in [-0.2, 0) is 6.42 Å². The minimum atomic E-state index is -0.0383. The van der Waals surface area contributed by atoms with Crippen molar-refractivity contribution in [3.63, 3.8) is 0 Å². The number of carbonyl (C=O) groups excluding carboxylic acids is 1. The number of aromatic nitrogens is 2. The zero-order chi connectivity index (χ0) is 20.4. The summed E-state index contributed by atoms with van der Waals surface area (Å²) in [4.78, 5) is 12.6. The molecule has 0 aliphatic rings. The number of unbranched alkanes of at least 4 members (excludes halogenated alkanes) is 5. The van der Waals surface area contributed by atoms with Gasteiger partial charge in [0.15, 0.2) is 0 Å². The van der Waals surface area contributed by atoms with Gasteiger partial charge in [0.1, 0.15) is 5.75 Å². The summed E-state index contributed by atoms with van der Waals surface area (Å²) in [5.74, 6) is 0.793. The summed E-state index contributed by atoms with van der Waals surface area (Å²) < 4.78 is 7.00. The molecule has 5 nitrogen and oxygen atoms in total. The van der Waals surface area contributed by atoms with Gasteiger partial charge >= 0.3 is 0 Å². The molecule has 1 aromatic carbocycles. The fourth-order valence-corrected chi connectivity index (χ4v) is 3.45. The van der Waals surface area contributed by atoms with Crippen molar-refractivity contribution >= 4 is 11.6 Å². The minimum absolute atomic E-state index is 0.0383. The van der Waals surface area contributed by atoms with Crippen LogP contribution in [0.4, 0.5) is 5.69 Å². The molecule has 0 saturated carbocycles. The molecule has 1 N–H and O–H groups in total. The van der Waals surface area contributed by atoms with Crippen LogP contribution < -0.4 is 10.1 Å². The number of carbonyl (C=O) groups is 1. The molecule has 0 atom stereocenters. The second kappa shape index (κ2) is 11.5. The van der Waals surface area contributed by atoms with Gasteiger partial charge in [-0.25, -0.2) is 4.68 Å². The van der Waals surface area contributed by atoms with Crippen LogP contribution in [0.3, 0.4) is 0 Å². The molecule has 2 aromatic rings. The van der Waals surface area contributed by atoms with E-state index in [1.165, 1.54) is 37.7 Å². The molecule has 5 heteroatoms. The van der Waals surface area contributed by atoms with Crippen LogP contribution in [0, 0.1) is 13.8 Å². The number of hydrogen-bond acceptors (Lipinski definition) is 4. The molecular formula is C23H35N3O2. The number of nitrogens with zero attached hydrogens (tertiary/aromatic N) is 2. The van der Waals surface area contributed by atoms with Crippen molar-refractivity contribution < 1.29 is 9.53 Å². The van der Waals surface area contributed by atoms with Crippen molar-refractivity contribution in [1.82, 2.24) is 9.78 Å². The van der Waals surface area contributed by atoms with E-state index in [9.17, 15) is 4.79 Å². The lowest BCUT2D eigenvalue weighted by molar-refractivity contribution is 0.0910. The van der Waals surface area contributed by atoms with Gasteiger partial charge in [-0.2, -0.15) is 5.10 Å². The Kier molecular flexibility index (Phi) is 9.05. The van der Waals surface area contributed by atoms with E-state index in [1.54, 1.807) is 4.68 Å². The van der Waals surface area contributed by atoms with Gasteiger partial charge in [0.2, 0.25) is 0 Å². The molecule has 0 fully saturated rings. The second-order valence-corrected chi connectivity index (χ2v) is 7.28. The minimum Gasteiger partial charge on any atom is -0.494 e.